The highest BCUT2D eigenvalue weighted by atomic mass is 35.5. The maximum Gasteiger partial charge on any atom is 0.301 e. The van der Waals surface area contributed by atoms with E-state index >= 15 is 0 Å². The lowest BCUT2D eigenvalue weighted by atomic mass is 9.95. The van der Waals surface area contributed by atoms with Gasteiger partial charge in [0, 0.05) is 16.3 Å². The number of aliphatic hydroxyl groups excluding tert-OH is 1. The predicted octanol–water partition coefficient (Wildman–Crippen LogP) is 9.19. The SMILES string of the molecule is CCCCOc1ccc(C2C(=C(O)c3ccc(OCc4cccc(C)c4)cc3)C(=O)C(=O)N2c2nnc(SCc3ccc(Cl)cc3)s2)cc1OC. The molecule has 12 heteroatoms. The summed E-state index contributed by atoms with van der Waals surface area (Å²) in [4.78, 5) is 29.0. The van der Waals surface area contributed by atoms with Crippen LogP contribution in [0.15, 0.2) is 101 Å². The summed E-state index contributed by atoms with van der Waals surface area (Å²) >= 11 is 8.68. The third-order valence-electron chi connectivity index (χ3n) is 8.20. The smallest absolute Gasteiger partial charge is 0.301 e. The van der Waals surface area contributed by atoms with E-state index in [9.17, 15) is 14.7 Å². The number of carbonyl (C=O) groups excluding carboxylic acids is 2. The van der Waals surface area contributed by atoms with E-state index in [4.69, 9.17) is 25.8 Å². The number of nitrogens with zero attached hydrogens (tertiary/aromatic N) is 3. The van der Waals surface area contributed by atoms with Crippen molar-refractivity contribution in [3.63, 3.8) is 0 Å². The zero-order valence-electron chi connectivity index (χ0n) is 28.3. The van der Waals surface area contributed by atoms with Crippen molar-refractivity contribution in [1.29, 1.82) is 0 Å². The van der Waals surface area contributed by atoms with Gasteiger partial charge in [0.05, 0.1) is 25.3 Å². The average molecular weight is 742 g/mol. The van der Waals surface area contributed by atoms with Gasteiger partial charge in [-0.05, 0) is 78.6 Å². The fourth-order valence-corrected chi connectivity index (χ4v) is 7.51. The van der Waals surface area contributed by atoms with E-state index in [2.05, 4.69) is 23.2 Å². The van der Waals surface area contributed by atoms with E-state index in [0.29, 0.717) is 56.7 Å². The molecule has 0 aliphatic carbocycles. The molecule has 1 amide bonds. The fourth-order valence-electron chi connectivity index (χ4n) is 5.56. The topological polar surface area (TPSA) is 111 Å². The van der Waals surface area contributed by atoms with Gasteiger partial charge in [-0.2, -0.15) is 0 Å². The van der Waals surface area contributed by atoms with Crippen LogP contribution in [0.25, 0.3) is 5.76 Å². The molecule has 1 aromatic heterocycles. The third-order valence-corrected chi connectivity index (χ3v) is 10.6. The van der Waals surface area contributed by atoms with E-state index in [0.717, 1.165) is 29.5 Å². The molecule has 4 aromatic carbocycles. The van der Waals surface area contributed by atoms with E-state index < -0.39 is 17.7 Å². The maximum absolute atomic E-state index is 13.8. The molecule has 1 unspecified atom stereocenters. The number of halogens is 1. The van der Waals surface area contributed by atoms with Crippen LogP contribution in [0, 0.1) is 6.92 Å². The predicted molar refractivity (Wildman–Crippen MR) is 201 cm³/mol. The number of hydrogen-bond acceptors (Lipinski definition) is 10. The Kier molecular flexibility index (Phi) is 11.6. The van der Waals surface area contributed by atoms with Gasteiger partial charge >= 0.3 is 5.91 Å². The van der Waals surface area contributed by atoms with E-state index in [1.807, 2.05) is 49.4 Å². The molecule has 262 valence electrons. The Morgan fingerprint density at radius 2 is 1.73 bits per heavy atom. The lowest BCUT2D eigenvalue weighted by Gasteiger charge is -2.23. The van der Waals surface area contributed by atoms with Crippen molar-refractivity contribution in [2.45, 2.75) is 49.4 Å². The number of aromatic nitrogens is 2. The Balaban J connectivity index is 1.33. The summed E-state index contributed by atoms with van der Waals surface area (Å²) < 4.78 is 18.2. The van der Waals surface area contributed by atoms with Crippen molar-refractivity contribution in [3.05, 3.63) is 129 Å². The Bertz CT molecular complexity index is 2050. The molecule has 0 spiro atoms. The molecule has 9 nitrogen and oxygen atoms in total. The van der Waals surface area contributed by atoms with Gasteiger partial charge in [-0.3, -0.25) is 14.5 Å². The number of methoxy groups -OCH3 is 1. The van der Waals surface area contributed by atoms with Crippen LogP contribution in [0.2, 0.25) is 5.02 Å². The van der Waals surface area contributed by atoms with Crippen LogP contribution in [-0.4, -0.2) is 40.7 Å². The van der Waals surface area contributed by atoms with Crippen LogP contribution >= 0.6 is 34.7 Å². The van der Waals surface area contributed by atoms with E-state index in [1.165, 1.54) is 35.1 Å². The van der Waals surface area contributed by atoms with Gasteiger partial charge in [0.2, 0.25) is 5.13 Å². The number of rotatable bonds is 14. The molecule has 1 saturated heterocycles. The van der Waals surface area contributed by atoms with Crippen LogP contribution < -0.4 is 19.1 Å². The summed E-state index contributed by atoms with van der Waals surface area (Å²) in [5.41, 5.74) is 4.01. The van der Waals surface area contributed by atoms with Crippen LogP contribution in [-0.2, 0) is 21.9 Å². The minimum Gasteiger partial charge on any atom is -0.507 e. The van der Waals surface area contributed by atoms with Gasteiger partial charge in [0.15, 0.2) is 15.8 Å². The minimum atomic E-state index is -1.03. The first-order valence-corrected chi connectivity index (χ1v) is 18.5. The van der Waals surface area contributed by atoms with Crippen molar-refractivity contribution >= 4 is 57.3 Å². The number of aliphatic hydroxyl groups is 1. The molecule has 1 fully saturated rings. The maximum atomic E-state index is 13.8. The van der Waals surface area contributed by atoms with Gasteiger partial charge in [-0.25, -0.2) is 0 Å². The number of unbranched alkanes of at least 4 members (excludes halogenated alkanes) is 1. The van der Waals surface area contributed by atoms with Crippen molar-refractivity contribution in [2.24, 2.45) is 0 Å². The molecular formula is C39H36ClN3O6S2. The highest BCUT2D eigenvalue weighted by Gasteiger charge is 2.48. The Morgan fingerprint density at radius 1 is 0.941 bits per heavy atom. The first kappa shape index (κ1) is 36.0. The summed E-state index contributed by atoms with van der Waals surface area (Å²) in [6.45, 7) is 4.99. The number of benzene rings is 4. The van der Waals surface area contributed by atoms with E-state index in [1.54, 1.807) is 42.5 Å². The quantitative estimate of drug-likeness (QED) is 0.0297. The largest absolute Gasteiger partial charge is 0.507 e. The van der Waals surface area contributed by atoms with Gasteiger partial charge in [-0.15, -0.1) is 10.2 Å². The monoisotopic (exact) mass is 741 g/mol. The number of carbonyl (C=O) groups is 2. The number of ketones is 1. The number of amides is 1. The zero-order valence-corrected chi connectivity index (χ0v) is 30.7. The second kappa shape index (κ2) is 16.5. The number of anilines is 1. The summed E-state index contributed by atoms with van der Waals surface area (Å²) in [6.07, 6.45) is 1.84. The molecule has 1 atom stereocenters. The van der Waals surface area contributed by atoms with E-state index in [-0.39, 0.29) is 16.5 Å². The zero-order chi connectivity index (χ0) is 35.9. The van der Waals surface area contributed by atoms with Gasteiger partial charge < -0.3 is 19.3 Å². The number of hydrogen-bond donors (Lipinski definition) is 1. The Hall–Kier alpha value is -4.84. The minimum absolute atomic E-state index is 0.0827. The first-order chi connectivity index (χ1) is 24.7. The molecule has 1 aliphatic heterocycles. The van der Waals surface area contributed by atoms with Crippen molar-refractivity contribution in [1.82, 2.24) is 10.2 Å². The van der Waals surface area contributed by atoms with Crippen molar-refractivity contribution in [3.8, 4) is 17.2 Å². The first-order valence-electron chi connectivity index (χ1n) is 16.4. The van der Waals surface area contributed by atoms with Gasteiger partial charge in [0.1, 0.15) is 18.1 Å². The Morgan fingerprint density at radius 3 is 2.45 bits per heavy atom. The fraction of sp³-hybridized carbons (Fsp3) is 0.231. The summed E-state index contributed by atoms with van der Waals surface area (Å²) in [5.74, 6) is 0.166. The van der Waals surface area contributed by atoms with Gasteiger partial charge in [0.25, 0.3) is 5.78 Å². The van der Waals surface area contributed by atoms with Crippen LogP contribution in [0.1, 0.15) is 53.6 Å². The molecule has 1 aliphatic rings. The summed E-state index contributed by atoms with van der Waals surface area (Å²) in [7, 11) is 1.53. The van der Waals surface area contributed by atoms with Crippen LogP contribution in [0.4, 0.5) is 5.13 Å². The number of ether oxygens (including phenoxy) is 3. The highest BCUT2D eigenvalue weighted by Crippen LogP contribution is 2.46. The molecule has 51 heavy (non-hydrogen) atoms. The second-order valence-corrected chi connectivity index (χ2v) is 14.5. The number of aryl methyl sites for hydroxylation is 1. The average Bonchev–Trinajstić information content (AvgIpc) is 3.72. The normalized spacial score (nSPS) is 15.3. The molecule has 0 saturated carbocycles. The third kappa shape index (κ3) is 8.39. The lowest BCUT2D eigenvalue weighted by molar-refractivity contribution is -0.132. The molecule has 0 radical (unpaired) electrons. The van der Waals surface area contributed by atoms with Crippen LogP contribution in [0.3, 0.4) is 0 Å². The molecule has 0 bridgehead atoms. The Labute approximate surface area is 309 Å². The molecule has 2 heterocycles. The number of Topliss-reactive ketones (excluding diaryl/α,β-unsaturated/α-hetero) is 1. The number of thioether (sulfide) groups is 1. The summed E-state index contributed by atoms with van der Waals surface area (Å²) in [5, 5.41) is 21.2. The molecule has 1 N–H and O–H groups in total. The van der Waals surface area contributed by atoms with Crippen molar-refractivity contribution < 1.29 is 28.9 Å². The molecule has 6 rings (SSSR count). The second-order valence-electron chi connectivity index (χ2n) is 11.8. The lowest BCUT2D eigenvalue weighted by Crippen LogP contribution is -2.29. The standard InChI is InChI=1S/C39H36ClN3O6S2/c1-4-5-19-48-31-18-13-28(21-32(31)47-3)34-33(35(44)27-11-16-30(17-12-27)49-22-26-8-6-7-24(2)20-26)36(45)37(46)43(34)38-41-42-39(51-38)50-23-25-9-14-29(40)15-10-25/h6-18,20-21,34,44H,4-5,19,22-23H2,1-3H3. The van der Waals surface area contributed by atoms with Crippen LogP contribution in [0.5, 0.6) is 17.2 Å². The molecule has 5 aromatic rings. The summed E-state index contributed by atoms with van der Waals surface area (Å²) in [6, 6.07) is 26.5. The van der Waals surface area contributed by atoms with Crippen molar-refractivity contribution in [2.75, 3.05) is 18.6 Å². The highest BCUT2D eigenvalue weighted by molar-refractivity contribution is 8.00. The van der Waals surface area contributed by atoms with Gasteiger partial charge in [-0.1, -0.05) is 96.1 Å². The molecular weight excluding hydrogens is 706 g/mol.